The lowest BCUT2D eigenvalue weighted by atomic mass is 9.98. The molecule has 1 atom stereocenters. The molecule has 0 unspecified atom stereocenters. The summed E-state index contributed by atoms with van der Waals surface area (Å²) in [5.74, 6) is 1.19. The molecule has 184 valence electrons. The zero-order valence-corrected chi connectivity index (χ0v) is 21.4. The van der Waals surface area contributed by atoms with Crippen molar-refractivity contribution in [2.45, 2.75) is 77.0 Å². The summed E-state index contributed by atoms with van der Waals surface area (Å²) in [5.41, 5.74) is 9.32. The number of esters is 1. The highest BCUT2D eigenvalue weighted by molar-refractivity contribution is 7.15. The van der Waals surface area contributed by atoms with Gasteiger partial charge in [0.05, 0.1) is 11.8 Å². The van der Waals surface area contributed by atoms with Gasteiger partial charge < -0.3 is 10.5 Å². The number of benzene rings is 1. The number of thiophene rings is 1. The van der Waals surface area contributed by atoms with Crippen LogP contribution in [0, 0.1) is 0 Å². The summed E-state index contributed by atoms with van der Waals surface area (Å²) in [4.78, 5) is 18.6. The standard InChI is InChI=1S/C26H30ClN5O2S/c1-2-17-14-19-24(18-10-6-7-11-20(18)27)29-15-22-30-31-25(32(22)26(19)35-17)21(28)12-13-23(33)34-16-8-4-3-5-9-16/h6-7,10-11,14,16,21H,2-5,8-9,12-13,15,28H2,1H3/t21-/m1/s1. The molecule has 1 aliphatic heterocycles. The molecule has 9 heteroatoms. The van der Waals surface area contributed by atoms with Gasteiger partial charge in [0.2, 0.25) is 0 Å². The Balaban J connectivity index is 1.40. The van der Waals surface area contributed by atoms with Gasteiger partial charge in [-0.15, -0.1) is 21.5 Å². The van der Waals surface area contributed by atoms with Crippen molar-refractivity contribution in [3.8, 4) is 5.00 Å². The molecule has 0 radical (unpaired) electrons. The normalized spacial score (nSPS) is 16.7. The summed E-state index contributed by atoms with van der Waals surface area (Å²) in [6, 6.07) is 9.48. The van der Waals surface area contributed by atoms with Crippen LogP contribution in [0.5, 0.6) is 0 Å². The van der Waals surface area contributed by atoms with E-state index in [0.717, 1.165) is 59.8 Å². The minimum atomic E-state index is -0.447. The summed E-state index contributed by atoms with van der Waals surface area (Å²) in [7, 11) is 0. The summed E-state index contributed by atoms with van der Waals surface area (Å²) in [6.45, 7) is 2.50. The maximum Gasteiger partial charge on any atom is 0.306 e. The molecule has 1 saturated carbocycles. The Morgan fingerprint density at radius 2 is 2.03 bits per heavy atom. The largest absolute Gasteiger partial charge is 0.462 e. The first-order valence-corrected chi connectivity index (χ1v) is 13.6. The molecule has 0 bridgehead atoms. The van der Waals surface area contributed by atoms with E-state index in [1.54, 1.807) is 11.3 Å². The van der Waals surface area contributed by atoms with Crippen LogP contribution >= 0.6 is 22.9 Å². The van der Waals surface area contributed by atoms with E-state index in [-0.39, 0.29) is 18.5 Å². The third-order valence-corrected chi connectivity index (χ3v) is 8.27. The van der Waals surface area contributed by atoms with Gasteiger partial charge in [0.15, 0.2) is 11.6 Å². The number of fused-ring (bicyclic) bond motifs is 3. The van der Waals surface area contributed by atoms with Crippen LogP contribution in [0.15, 0.2) is 35.3 Å². The Morgan fingerprint density at radius 3 is 2.80 bits per heavy atom. The van der Waals surface area contributed by atoms with Crippen molar-refractivity contribution in [2.24, 2.45) is 10.7 Å². The molecule has 1 aromatic carbocycles. The zero-order chi connectivity index (χ0) is 24.4. The molecule has 2 aromatic heterocycles. The van der Waals surface area contributed by atoms with Crippen molar-refractivity contribution < 1.29 is 9.53 Å². The Bertz CT molecular complexity index is 1240. The molecule has 3 aromatic rings. The van der Waals surface area contributed by atoms with E-state index in [1.807, 2.05) is 28.8 Å². The molecule has 2 aliphatic rings. The Hall–Kier alpha value is -2.55. The average molecular weight is 512 g/mol. The molecule has 0 spiro atoms. The van der Waals surface area contributed by atoms with Gasteiger partial charge >= 0.3 is 5.97 Å². The van der Waals surface area contributed by atoms with Crippen LogP contribution in [-0.4, -0.2) is 32.5 Å². The number of halogens is 1. The molecule has 35 heavy (non-hydrogen) atoms. The topological polar surface area (TPSA) is 95.4 Å². The number of aliphatic imine (C=N–C) groups is 1. The highest BCUT2D eigenvalue weighted by Crippen LogP contribution is 2.36. The maximum absolute atomic E-state index is 12.5. The second-order valence-electron chi connectivity index (χ2n) is 9.13. The lowest BCUT2D eigenvalue weighted by molar-refractivity contribution is -0.150. The summed E-state index contributed by atoms with van der Waals surface area (Å²) in [6.07, 6.45) is 7.08. The molecule has 5 rings (SSSR count). The number of carbonyl (C=O) groups excluding carboxylic acids is 1. The predicted molar refractivity (Wildman–Crippen MR) is 139 cm³/mol. The van der Waals surface area contributed by atoms with E-state index >= 15 is 0 Å². The predicted octanol–water partition coefficient (Wildman–Crippen LogP) is 5.55. The van der Waals surface area contributed by atoms with Gasteiger partial charge in [0.1, 0.15) is 17.6 Å². The van der Waals surface area contributed by atoms with Gasteiger partial charge in [-0.05, 0) is 50.7 Å². The van der Waals surface area contributed by atoms with E-state index in [1.165, 1.54) is 11.3 Å². The number of rotatable bonds is 7. The number of hydrogen-bond acceptors (Lipinski definition) is 7. The van der Waals surface area contributed by atoms with Gasteiger partial charge in [0.25, 0.3) is 0 Å². The van der Waals surface area contributed by atoms with Gasteiger partial charge in [-0.25, -0.2) is 0 Å². The smallest absolute Gasteiger partial charge is 0.306 e. The molecular formula is C26H30ClN5O2S. The molecule has 1 fully saturated rings. The molecule has 0 saturated heterocycles. The first-order valence-electron chi connectivity index (χ1n) is 12.4. The number of ether oxygens (including phenoxy) is 1. The van der Waals surface area contributed by atoms with Crippen LogP contribution in [-0.2, 0) is 22.5 Å². The van der Waals surface area contributed by atoms with Crippen molar-refractivity contribution in [2.75, 3.05) is 0 Å². The minimum Gasteiger partial charge on any atom is -0.462 e. The number of hydrogen-bond donors (Lipinski definition) is 1. The summed E-state index contributed by atoms with van der Waals surface area (Å²) in [5, 5.41) is 10.5. The van der Waals surface area contributed by atoms with E-state index in [4.69, 9.17) is 27.1 Å². The van der Waals surface area contributed by atoms with Crippen molar-refractivity contribution in [1.29, 1.82) is 0 Å². The van der Waals surface area contributed by atoms with Crippen molar-refractivity contribution in [1.82, 2.24) is 14.8 Å². The van der Waals surface area contributed by atoms with Crippen LogP contribution in [0.1, 0.15) is 85.6 Å². The fourth-order valence-electron chi connectivity index (χ4n) is 4.78. The Morgan fingerprint density at radius 1 is 1.23 bits per heavy atom. The van der Waals surface area contributed by atoms with Gasteiger partial charge in [0, 0.05) is 27.4 Å². The van der Waals surface area contributed by atoms with Crippen LogP contribution in [0.25, 0.3) is 5.00 Å². The van der Waals surface area contributed by atoms with Gasteiger partial charge in [-0.3, -0.25) is 14.4 Å². The first-order chi connectivity index (χ1) is 17.0. The molecule has 1 aliphatic carbocycles. The van der Waals surface area contributed by atoms with Crippen LogP contribution in [0.3, 0.4) is 0 Å². The van der Waals surface area contributed by atoms with Crippen molar-refractivity contribution in [3.05, 3.63) is 63.0 Å². The van der Waals surface area contributed by atoms with E-state index in [9.17, 15) is 4.79 Å². The second kappa shape index (κ2) is 10.6. The summed E-state index contributed by atoms with van der Waals surface area (Å²) < 4.78 is 7.71. The lowest BCUT2D eigenvalue weighted by Crippen LogP contribution is -2.23. The molecule has 0 amide bonds. The fraction of sp³-hybridized carbons (Fsp3) is 0.462. The number of nitrogens with two attached hydrogens (primary N) is 1. The maximum atomic E-state index is 12.5. The Labute approximate surface area is 214 Å². The second-order valence-corrected chi connectivity index (χ2v) is 10.7. The van der Waals surface area contributed by atoms with E-state index in [0.29, 0.717) is 23.8 Å². The average Bonchev–Trinajstić information content (AvgIpc) is 3.45. The highest BCUT2D eigenvalue weighted by Gasteiger charge is 2.28. The third-order valence-electron chi connectivity index (χ3n) is 6.67. The molecule has 2 N–H and O–H groups in total. The van der Waals surface area contributed by atoms with Crippen molar-refractivity contribution in [3.63, 3.8) is 0 Å². The van der Waals surface area contributed by atoms with Crippen LogP contribution in [0.4, 0.5) is 0 Å². The SMILES string of the molecule is CCc1cc2c(s1)-n1c(nnc1[C@H](N)CCC(=O)OC1CCCCC1)CN=C2c1ccccc1Cl. The fourth-order valence-corrected chi connectivity index (χ4v) is 6.13. The van der Waals surface area contributed by atoms with Gasteiger partial charge in [-0.1, -0.05) is 43.1 Å². The monoisotopic (exact) mass is 511 g/mol. The van der Waals surface area contributed by atoms with Gasteiger partial charge in [-0.2, -0.15) is 0 Å². The lowest BCUT2D eigenvalue weighted by Gasteiger charge is -2.22. The number of nitrogens with zero attached hydrogens (tertiary/aromatic N) is 4. The molecule has 3 heterocycles. The quantitative estimate of drug-likeness (QED) is 0.419. The first kappa shape index (κ1) is 24.2. The van der Waals surface area contributed by atoms with Crippen LogP contribution < -0.4 is 5.73 Å². The van der Waals surface area contributed by atoms with Crippen molar-refractivity contribution >= 4 is 34.6 Å². The number of aryl methyl sites for hydroxylation is 1. The Kier molecular flexibility index (Phi) is 7.32. The zero-order valence-electron chi connectivity index (χ0n) is 19.9. The number of carbonyl (C=O) groups is 1. The molecule has 7 nitrogen and oxygen atoms in total. The minimum absolute atomic E-state index is 0.0540. The van der Waals surface area contributed by atoms with E-state index < -0.39 is 6.04 Å². The summed E-state index contributed by atoms with van der Waals surface area (Å²) >= 11 is 8.24. The van der Waals surface area contributed by atoms with Crippen LogP contribution in [0.2, 0.25) is 5.02 Å². The molecular weight excluding hydrogens is 482 g/mol. The number of aromatic nitrogens is 3. The third kappa shape index (κ3) is 5.06. The highest BCUT2D eigenvalue weighted by atomic mass is 35.5. The van der Waals surface area contributed by atoms with E-state index in [2.05, 4.69) is 23.2 Å².